The van der Waals surface area contributed by atoms with E-state index in [1.54, 1.807) is 30.3 Å². The van der Waals surface area contributed by atoms with Crippen LogP contribution in [0.1, 0.15) is 11.1 Å². The fourth-order valence-corrected chi connectivity index (χ4v) is 2.27. The molecule has 0 heterocycles. The van der Waals surface area contributed by atoms with E-state index in [0.717, 1.165) is 21.7 Å². The number of carboxylic acid groups (broad SMARTS) is 1. The summed E-state index contributed by atoms with van der Waals surface area (Å²) in [6.45, 7) is 1.91. The quantitative estimate of drug-likeness (QED) is 0.746. The van der Waals surface area contributed by atoms with Gasteiger partial charge in [0, 0.05) is 11.1 Å². The van der Waals surface area contributed by atoms with Crippen molar-refractivity contribution in [3.8, 4) is 11.5 Å². The lowest BCUT2D eigenvalue weighted by Crippen LogP contribution is -1.88. The molecule has 2 aromatic rings. The van der Waals surface area contributed by atoms with Gasteiger partial charge in [0.15, 0.2) is 0 Å². The number of ether oxygens (including phenoxy) is 1. The van der Waals surface area contributed by atoms with Gasteiger partial charge in [0.2, 0.25) is 0 Å². The van der Waals surface area contributed by atoms with Gasteiger partial charge >= 0.3 is 5.97 Å². The van der Waals surface area contributed by atoms with Crippen LogP contribution >= 0.6 is 27.5 Å². The number of benzene rings is 2. The third kappa shape index (κ3) is 4.34. The lowest BCUT2D eigenvalue weighted by atomic mass is 10.2. The van der Waals surface area contributed by atoms with Crippen LogP contribution < -0.4 is 4.74 Å². The molecule has 0 aliphatic heterocycles. The van der Waals surface area contributed by atoms with Crippen molar-refractivity contribution in [1.82, 2.24) is 0 Å². The number of rotatable bonds is 4. The number of halogens is 2. The SMILES string of the molecule is Cc1cc(Oc2ccc(/C=C/C(=O)O)cc2Br)ccc1Cl. The van der Waals surface area contributed by atoms with Crippen molar-refractivity contribution >= 4 is 39.6 Å². The third-order valence-corrected chi connectivity index (χ3v) is 3.78. The molecule has 0 aromatic heterocycles. The highest BCUT2D eigenvalue weighted by Gasteiger charge is 2.05. The lowest BCUT2D eigenvalue weighted by molar-refractivity contribution is -0.131. The average Bonchev–Trinajstić information content (AvgIpc) is 2.43. The lowest BCUT2D eigenvalue weighted by Gasteiger charge is -2.09. The summed E-state index contributed by atoms with van der Waals surface area (Å²) in [5, 5.41) is 9.30. The molecular weight excluding hydrogens is 356 g/mol. The van der Waals surface area contributed by atoms with Crippen LogP contribution in [0.4, 0.5) is 0 Å². The Balaban J connectivity index is 2.21. The second-order valence-corrected chi connectivity index (χ2v) is 5.64. The highest BCUT2D eigenvalue weighted by Crippen LogP contribution is 2.32. The largest absolute Gasteiger partial charge is 0.478 e. The van der Waals surface area contributed by atoms with E-state index in [2.05, 4.69) is 15.9 Å². The Morgan fingerprint density at radius 1 is 1.29 bits per heavy atom. The molecule has 1 N–H and O–H groups in total. The van der Waals surface area contributed by atoms with Crippen molar-refractivity contribution in [1.29, 1.82) is 0 Å². The van der Waals surface area contributed by atoms with Crippen LogP contribution in [0.25, 0.3) is 6.08 Å². The van der Waals surface area contributed by atoms with E-state index in [0.29, 0.717) is 16.5 Å². The highest BCUT2D eigenvalue weighted by atomic mass is 79.9. The summed E-state index contributed by atoms with van der Waals surface area (Å²) < 4.78 is 6.52. The van der Waals surface area contributed by atoms with Gasteiger partial charge < -0.3 is 9.84 Å². The molecular formula is C16H12BrClO3. The molecule has 0 saturated heterocycles. The Bertz CT molecular complexity index is 711. The number of aryl methyl sites for hydroxylation is 1. The first-order chi connectivity index (χ1) is 9.95. The Kier molecular flexibility index (Phi) is 5.04. The first-order valence-corrected chi connectivity index (χ1v) is 7.27. The van der Waals surface area contributed by atoms with Gasteiger partial charge in [0.1, 0.15) is 11.5 Å². The molecule has 0 radical (unpaired) electrons. The Labute approximate surface area is 135 Å². The van der Waals surface area contributed by atoms with Crippen molar-refractivity contribution in [2.75, 3.05) is 0 Å². The summed E-state index contributed by atoms with van der Waals surface area (Å²) in [7, 11) is 0. The van der Waals surface area contributed by atoms with Crippen molar-refractivity contribution in [2.45, 2.75) is 6.92 Å². The molecule has 0 fully saturated rings. The normalized spacial score (nSPS) is 10.8. The molecule has 0 aliphatic carbocycles. The second-order valence-electron chi connectivity index (χ2n) is 4.37. The molecule has 0 bridgehead atoms. The van der Waals surface area contributed by atoms with Crippen molar-refractivity contribution in [3.63, 3.8) is 0 Å². The van der Waals surface area contributed by atoms with Gasteiger partial charge in [-0.3, -0.25) is 0 Å². The molecule has 108 valence electrons. The maximum Gasteiger partial charge on any atom is 0.328 e. The van der Waals surface area contributed by atoms with Crippen LogP contribution in [0, 0.1) is 6.92 Å². The smallest absolute Gasteiger partial charge is 0.328 e. The molecule has 5 heteroatoms. The van der Waals surface area contributed by atoms with Crippen LogP contribution in [0.15, 0.2) is 46.9 Å². The van der Waals surface area contributed by atoms with Crippen LogP contribution in [0.3, 0.4) is 0 Å². The Morgan fingerprint density at radius 2 is 2.05 bits per heavy atom. The topological polar surface area (TPSA) is 46.5 Å². The number of hydrogen-bond donors (Lipinski definition) is 1. The highest BCUT2D eigenvalue weighted by molar-refractivity contribution is 9.10. The minimum atomic E-state index is -0.983. The van der Waals surface area contributed by atoms with E-state index < -0.39 is 5.97 Å². The van der Waals surface area contributed by atoms with E-state index >= 15 is 0 Å². The van der Waals surface area contributed by atoms with Gasteiger partial charge in [-0.05, 0) is 70.4 Å². The maximum absolute atomic E-state index is 10.5. The zero-order valence-electron chi connectivity index (χ0n) is 11.1. The first kappa shape index (κ1) is 15.6. The number of carbonyl (C=O) groups is 1. The third-order valence-electron chi connectivity index (χ3n) is 2.73. The van der Waals surface area contributed by atoms with E-state index in [9.17, 15) is 4.79 Å². The summed E-state index contributed by atoms with van der Waals surface area (Å²) in [6.07, 6.45) is 2.61. The zero-order valence-corrected chi connectivity index (χ0v) is 13.5. The Hall–Kier alpha value is -1.78. The van der Waals surface area contributed by atoms with Crippen LogP contribution in [-0.4, -0.2) is 11.1 Å². The number of carboxylic acids is 1. The molecule has 2 aromatic carbocycles. The first-order valence-electron chi connectivity index (χ1n) is 6.10. The molecule has 0 spiro atoms. The standard InChI is InChI=1S/C16H12BrClO3/c1-10-8-12(4-5-14(10)18)21-15-6-2-11(9-13(15)17)3-7-16(19)20/h2-9H,1H3,(H,19,20)/b7-3+. The maximum atomic E-state index is 10.5. The fraction of sp³-hybridized carbons (Fsp3) is 0.0625. The summed E-state index contributed by atoms with van der Waals surface area (Å²) >= 11 is 9.39. The van der Waals surface area contributed by atoms with Crippen LogP contribution in [-0.2, 0) is 4.79 Å². The predicted molar refractivity (Wildman–Crippen MR) is 87.1 cm³/mol. The van der Waals surface area contributed by atoms with Crippen molar-refractivity contribution in [2.24, 2.45) is 0 Å². The van der Waals surface area contributed by atoms with Gasteiger partial charge in [0.05, 0.1) is 4.47 Å². The van der Waals surface area contributed by atoms with Gasteiger partial charge in [-0.15, -0.1) is 0 Å². The van der Waals surface area contributed by atoms with Crippen LogP contribution in [0.2, 0.25) is 5.02 Å². The molecule has 0 aliphatic rings. The summed E-state index contributed by atoms with van der Waals surface area (Å²) in [6, 6.07) is 10.8. The van der Waals surface area contributed by atoms with Gasteiger partial charge in [0.25, 0.3) is 0 Å². The van der Waals surface area contributed by atoms with Crippen molar-refractivity contribution < 1.29 is 14.6 Å². The van der Waals surface area contributed by atoms with Gasteiger partial charge in [-0.1, -0.05) is 17.7 Å². The van der Waals surface area contributed by atoms with Crippen molar-refractivity contribution in [3.05, 3.63) is 63.1 Å². The zero-order chi connectivity index (χ0) is 15.4. The second kappa shape index (κ2) is 6.78. The summed E-state index contributed by atoms with van der Waals surface area (Å²) in [5.74, 6) is 0.346. The molecule has 0 saturated carbocycles. The Morgan fingerprint density at radius 3 is 2.67 bits per heavy atom. The number of hydrogen-bond acceptors (Lipinski definition) is 2. The molecule has 21 heavy (non-hydrogen) atoms. The average molecular weight is 368 g/mol. The molecule has 0 amide bonds. The van der Waals surface area contributed by atoms with Gasteiger partial charge in [-0.25, -0.2) is 4.79 Å². The summed E-state index contributed by atoms with van der Waals surface area (Å²) in [4.78, 5) is 10.5. The minimum Gasteiger partial charge on any atom is -0.478 e. The molecule has 2 rings (SSSR count). The fourth-order valence-electron chi connectivity index (χ4n) is 1.68. The monoisotopic (exact) mass is 366 g/mol. The predicted octanol–water partition coefficient (Wildman–Crippen LogP) is 5.30. The minimum absolute atomic E-state index is 0.643. The van der Waals surface area contributed by atoms with Crippen LogP contribution in [0.5, 0.6) is 11.5 Å². The summed E-state index contributed by atoms with van der Waals surface area (Å²) in [5.41, 5.74) is 1.70. The van der Waals surface area contributed by atoms with Gasteiger partial charge in [-0.2, -0.15) is 0 Å². The van der Waals surface area contributed by atoms with E-state index in [1.165, 1.54) is 6.08 Å². The molecule has 3 nitrogen and oxygen atoms in total. The molecule has 0 unspecified atom stereocenters. The van der Waals surface area contributed by atoms with E-state index in [1.807, 2.05) is 13.0 Å². The van der Waals surface area contributed by atoms with E-state index in [4.69, 9.17) is 21.4 Å². The number of aliphatic carboxylic acids is 1. The molecule has 0 atom stereocenters. The van der Waals surface area contributed by atoms with E-state index in [-0.39, 0.29) is 0 Å².